The largest absolute Gasteiger partial charge is 0.628 e. The topological polar surface area (TPSA) is 55.8 Å². The predicted octanol–water partition coefficient (Wildman–Crippen LogP) is 3.20. The van der Waals surface area contributed by atoms with E-state index in [9.17, 15) is 9.59 Å². The number of benzene rings is 1. The Kier molecular flexibility index (Phi) is 5.08. The summed E-state index contributed by atoms with van der Waals surface area (Å²) >= 11 is 0. The fourth-order valence-corrected chi connectivity index (χ4v) is 5.42. The van der Waals surface area contributed by atoms with Gasteiger partial charge in [-0.05, 0) is 47.5 Å². The van der Waals surface area contributed by atoms with Crippen molar-refractivity contribution in [3.8, 4) is 0 Å². The summed E-state index contributed by atoms with van der Waals surface area (Å²) < 4.78 is 10.8. The lowest BCUT2D eigenvalue weighted by Crippen LogP contribution is -2.62. The summed E-state index contributed by atoms with van der Waals surface area (Å²) in [7, 11) is -0.974. The Morgan fingerprint density at radius 1 is 1.07 bits per heavy atom. The van der Waals surface area contributed by atoms with Crippen LogP contribution < -0.4 is 0 Å². The quantitative estimate of drug-likeness (QED) is 0.753. The van der Waals surface area contributed by atoms with Gasteiger partial charge < -0.3 is 9.31 Å². The van der Waals surface area contributed by atoms with Gasteiger partial charge >= 0.3 is 19.1 Å². The number of hydrogen-bond donors (Lipinski definition) is 0. The Hall–Kier alpha value is -2.08. The van der Waals surface area contributed by atoms with Crippen LogP contribution in [0.25, 0.3) is 6.08 Å². The first-order valence-corrected chi connectivity index (χ1v) is 10.2. The van der Waals surface area contributed by atoms with E-state index in [0.29, 0.717) is 23.2 Å². The summed E-state index contributed by atoms with van der Waals surface area (Å²) in [5, 5.41) is 0. The fourth-order valence-electron chi connectivity index (χ4n) is 5.42. The molecule has 1 aromatic carbocycles. The second-order valence-corrected chi connectivity index (χ2v) is 9.05. The average molecular weight is 381 g/mol. The molecule has 4 atom stereocenters. The van der Waals surface area contributed by atoms with E-state index >= 15 is 0 Å². The molecular formula is C22H28BNO4. The van der Waals surface area contributed by atoms with E-state index in [1.807, 2.05) is 35.2 Å². The van der Waals surface area contributed by atoms with Crippen LogP contribution in [0.3, 0.4) is 0 Å². The molecule has 1 saturated heterocycles. The highest BCUT2D eigenvalue weighted by Crippen LogP contribution is 2.61. The molecule has 4 fully saturated rings. The average Bonchev–Trinajstić information content (AvgIpc) is 2.64. The van der Waals surface area contributed by atoms with E-state index in [1.165, 1.54) is 6.42 Å². The molecule has 1 aromatic rings. The Morgan fingerprint density at radius 3 is 2.29 bits per heavy atom. The van der Waals surface area contributed by atoms with Crippen LogP contribution in [0.1, 0.15) is 39.2 Å². The first kappa shape index (κ1) is 19.3. The van der Waals surface area contributed by atoms with Gasteiger partial charge in [-0.3, -0.25) is 14.5 Å². The normalized spacial score (nSPS) is 32.9. The molecule has 1 aliphatic heterocycles. The molecular weight excluding hydrogens is 353 g/mol. The molecule has 0 spiro atoms. The lowest BCUT2D eigenvalue weighted by molar-refractivity contribution is -0.160. The highest BCUT2D eigenvalue weighted by atomic mass is 16.6. The van der Waals surface area contributed by atoms with E-state index in [-0.39, 0.29) is 31.1 Å². The first-order chi connectivity index (χ1) is 13.3. The van der Waals surface area contributed by atoms with Gasteiger partial charge in [0.1, 0.15) is 0 Å². The smallest absolute Gasteiger partial charge is 0.495 e. The van der Waals surface area contributed by atoms with Gasteiger partial charge in [0.15, 0.2) is 0 Å². The predicted molar refractivity (Wildman–Crippen MR) is 108 cm³/mol. The number of nitrogens with zero attached hydrogens (tertiary/aromatic N) is 1. The van der Waals surface area contributed by atoms with Crippen LogP contribution in [-0.4, -0.2) is 43.1 Å². The minimum atomic E-state index is -0.974. The third kappa shape index (κ3) is 3.62. The maximum absolute atomic E-state index is 12.5. The Balaban J connectivity index is 1.42. The SMILES string of the molecule is C[C@@H]1C2C[C@@H](C[C@H]1N1CC(=O)OB(/C=C/c3ccccc3)OC(=O)C1)C2(C)C. The van der Waals surface area contributed by atoms with Gasteiger partial charge in [0.25, 0.3) is 0 Å². The van der Waals surface area contributed by atoms with Crippen LogP contribution in [-0.2, 0) is 18.9 Å². The molecule has 0 aromatic heterocycles. The van der Waals surface area contributed by atoms with E-state index in [4.69, 9.17) is 9.31 Å². The zero-order chi connectivity index (χ0) is 19.9. The van der Waals surface area contributed by atoms with Crippen molar-refractivity contribution in [3.05, 3.63) is 41.9 Å². The highest BCUT2D eigenvalue weighted by molar-refractivity contribution is 6.55. The van der Waals surface area contributed by atoms with Gasteiger partial charge in [-0.15, -0.1) is 0 Å². The minimum absolute atomic E-state index is 0.139. The van der Waals surface area contributed by atoms with Crippen LogP contribution >= 0.6 is 0 Å². The van der Waals surface area contributed by atoms with Gasteiger partial charge in [0.2, 0.25) is 0 Å². The van der Waals surface area contributed by atoms with E-state index in [2.05, 4.69) is 20.8 Å². The molecule has 28 heavy (non-hydrogen) atoms. The lowest BCUT2D eigenvalue weighted by atomic mass is 9.44. The van der Waals surface area contributed by atoms with Crippen molar-refractivity contribution in [1.82, 2.24) is 4.90 Å². The molecule has 6 heteroatoms. The third-order valence-electron chi connectivity index (χ3n) is 7.19. The van der Waals surface area contributed by atoms with Gasteiger partial charge in [0.05, 0.1) is 13.1 Å². The van der Waals surface area contributed by atoms with Crippen molar-refractivity contribution < 1.29 is 18.9 Å². The zero-order valence-corrected chi connectivity index (χ0v) is 16.8. The molecule has 3 saturated carbocycles. The number of rotatable bonds is 3. The number of carbonyl (C=O) groups excluding carboxylic acids is 2. The van der Waals surface area contributed by atoms with Crippen molar-refractivity contribution in [2.75, 3.05) is 13.1 Å². The maximum Gasteiger partial charge on any atom is 0.628 e. The zero-order valence-electron chi connectivity index (χ0n) is 16.8. The summed E-state index contributed by atoms with van der Waals surface area (Å²) in [6.45, 7) is 7.23. The Labute approximate surface area is 167 Å². The summed E-state index contributed by atoms with van der Waals surface area (Å²) in [6, 6.07) is 9.87. The van der Waals surface area contributed by atoms with E-state index < -0.39 is 7.12 Å². The second-order valence-electron chi connectivity index (χ2n) is 9.05. The van der Waals surface area contributed by atoms with E-state index in [0.717, 1.165) is 12.0 Å². The van der Waals surface area contributed by atoms with Crippen LogP contribution in [0.4, 0.5) is 0 Å². The van der Waals surface area contributed by atoms with E-state index in [1.54, 1.807) is 12.1 Å². The van der Waals surface area contributed by atoms with Gasteiger partial charge in [-0.1, -0.05) is 57.2 Å². The number of hydrogen-bond acceptors (Lipinski definition) is 5. The molecule has 5 nitrogen and oxygen atoms in total. The van der Waals surface area contributed by atoms with Crippen molar-refractivity contribution in [3.63, 3.8) is 0 Å². The van der Waals surface area contributed by atoms with Gasteiger partial charge in [0, 0.05) is 6.04 Å². The third-order valence-corrected chi connectivity index (χ3v) is 7.19. The van der Waals surface area contributed by atoms with Crippen molar-refractivity contribution >= 4 is 25.1 Å². The Bertz CT molecular complexity index is 758. The molecule has 1 unspecified atom stereocenters. The van der Waals surface area contributed by atoms with Crippen molar-refractivity contribution in [2.24, 2.45) is 23.2 Å². The van der Waals surface area contributed by atoms with Crippen molar-refractivity contribution in [1.29, 1.82) is 0 Å². The molecule has 2 bridgehead atoms. The summed E-state index contributed by atoms with van der Waals surface area (Å²) in [5.41, 5.74) is 1.32. The second kappa shape index (κ2) is 7.39. The summed E-state index contributed by atoms with van der Waals surface area (Å²) in [5.74, 6) is 2.69. The molecule has 4 aliphatic rings. The molecule has 0 N–H and O–H groups in total. The first-order valence-electron chi connectivity index (χ1n) is 10.2. The molecule has 5 rings (SSSR count). The van der Waals surface area contributed by atoms with Gasteiger partial charge in [-0.2, -0.15) is 0 Å². The maximum atomic E-state index is 12.5. The lowest BCUT2D eigenvalue weighted by Gasteiger charge is -2.63. The molecule has 3 aliphatic carbocycles. The van der Waals surface area contributed by atoms with Crippen molar-refractivity contribution in [2.45, 2.75) is 39.7 Å². The standard InChI is InChI=1S/C22H28BNO4/c1-15-18-11-17(22(18,2)3)12-19(15)24-13-20(25)27-23(28-21(26)14-24)10-9-16-7-5-4-6-8-16/h4-10,15,17-19H,11-14H2,1-3H3/b10-9+/t15-,17+,18?,19-/m1/s1. The number of fused-ring (bicyclic) bond motifs is 2. The minimum Gasteiger partial charge on any atom is -0.495 e. The highest BCUT2D eigenvalue weighted by Gasteiger charge is 2.57. The molecule has 148 valence electrons. The van der Waals surface area contributed by atoms with Gasteiger partial charge in [-0.25, -0.2) is 0 Å². The fraction of sp³-hybridized carbons (Fsp3) is 0.545. The van der Waals surface area contributed by atoms with Crippen LogP contribution in [0.15, 0.2) is 36.3 Å². The number of carbonyl (C=O) groups is 2. The summed E-state index contributed by atoms with van der Waals surface area (Å²) in [4.78, 5) is 26.9. The van der Waals surface area contributed by atoms with Crippen LogP contribution in [0.2, 0.25) is 0 Å². The van der Waals surface area contributed by atoms with Crippen LogP contribution in [0.5, 0.6) is 0 Å². The molecule has 1 heterocycles. The monoisotopic (exact) mass is 381 g/mol. The van der Waals surface area contributed by atoms with Crippen LogP contribution in [0, 0.1) is 23.2 Å². The molecule has 0 amide bonds. The molecule has 0 radical (unpaired) electrons. The summed E-state index contributed by atoms with van der Waals surface area (Å²) in [6.07, 6.45) is 4.09. The Morgan fingerprint density at radius 2 is 1.71 bits per heavy atom.